The van der Waals surface area contributed by atoms with Crippen molar-refractivity contribution >= 4 is 5.91 Å². The van der Waals surface area contributed by atoms with E-state index in [9.17, 15) is 9.90 Å². The van der Waals surface area contributed by atoms with Gasteiger partial charge in [0.25, 0.3) is 0 Å². The van der Waals surface area contributed by atoms with Crippen LogP contribution in [-0.4, -0.2) is 35.7 Å². The van der Waals surface area contributed by atoms with Crippen LogP contribution in [0.2, 0.25) is 0 Å². The van der Waals surface area contributed by atoms with Crippen LogP contribution in [-0.2, 0) is 4.79 Å². The number of nitrogens with one attached hydrogen (secondary N) is 2. The molecule has 1 heterocycles. The first-order valence-electron chi connectivity index (χ1n) is 6.40. The Morgan fingerprint density at radius 1 is 1.31 bits per heavy atom. The molecular weight excluding hydrogens is 204 g/mol. The predicted octanol–water partition coefficient (Wildman–Crippen LogP) is 0.404. The van der Waals surface area contributed by atoms with E-state index >= 15 is 0 Å². The van der Waals surface area contributed by atoms with Crippen LogP contribution in [0.3, 0.4) is 0 Å². The van der Waals surface area contributed by atoms with Crippen molar-refractivity contribution in [3.8, 4) is 0 Å². The zero-order valence-electron chi connectivity index (χ0n) is 9.91. The van der Waals surface area contributed by atoms with Gasteiger partial charge in [-0.3, -0.25) is 4.79 Å². The molecule has 2 aliphatic rings. The maximum absolute atomic E-state index is 12.0. The van der Waals surface area contributed by atoms with Gasteiger partial charge in [0, 0.05) is 6.04 Å². The molecule has 0 radical (unpaired) electrons. The fourth-order valence-electron chi connectivity index (χ4n) is 2.79. The standard InChI is InChI=1S/C12H22N2O2/c1-8-9(6-7-13-8)12(16)14-10-4-2-3-5-11(10)15/h8-11,13,15H,2-7H2,1H3,(H,14,16). The van der Waals surface area contributed by atoms with Gasteiger partial charge >= 0.3 is 0 Å². The van der Waals surface area contributed by atoms with Crippen LogP contribution in [0.5, 0.6) is 0 Å². The summed E-state index contributed by atoms with van der Waals surface area (Å²) in [6, 6.07) is 0.245. The maximum atomic E-state index is 12.0. The first kappa shape index (κ1) is 11.9. The SMILES string of the molecule is CC1NCCC1C(=O)NC1CCCCC1O. The Morgan fingerprint density at radius 2 is 2.06 bits per heavy atom. The fraction of sp³-hybridized carbons (Fsp3) is 0.917. The lowest BCUT2D eigenvalue weighted by Crippen LogP contribution is -2.48. The lowest BCUT2D eigenvalue weighted by atomic mass is 9.91. The first-order valence-corrected chi connectivity index (χ1v) is 6.40. The number of hydrogen-bond donors (Lipinski definition) is 3. The van der Waals surface area contributed by atoms with Crippen LogP contribution in [0, 0.1) is 5.92 Å². The molecule has 1 aliphatic carbocycles. The summed E-state index contributed by atoms with van der Waals surface area (Å²) < 4.78 is 0. The molecule has 4 heteroatoms. The molecule has 2 rings (SSSR count). The van der Waals surface area contributed by atoms with Gasteiger partial charge in [0.2, 0.25) is 5.91 Å². The van der Waals surface area contributed by atoms with E-state index in [2.05, 4.69) is 17.6 Å². The Hall–Kier alpha value is -0.610. The van der Waals surface area contributed by atoms with Crippen LogP contribution in [0.25, 0.3) is 0 Å². The van der Waals surface area contributed by atoms with E-state index in [-0.39, 0.29) is 30.0 Å². The van der Waals surface area contributed by atoms with Crippen molar-refractivity contribution in [2.24, 2.45) is 5.92 Å². The molecule has 4 nitrogen and oxygen atoms in total. The van der Waals surface area contributed by atoms with E-state index < -0.39 is 0 Å². The van der Waals surface area contributed by atoms with Gasteiger partial charge in [0.1, 0.15) is 0 Å². The van der Waals surface area contributed by atoms with Gasteiger partial charge in [-0.05, 0) is 32.7 Å². The molecule has 1 saturated carbocycles. The van der Waals surface area contributed by atoms with Crippen LogP contribution < -0.4 is 10.6 Å². The Labute approximate surface area is 96.8 Å². The Bertz CT molecular complexity index is 257. The highest BCUT2D eigenvalue weighted by atomic mass is 16.3. The number of carbonyl (C=O) groups is 1. The molecule has 1 aliphatic heterocycles. The molecular formula is C12H22N2O2. The second kappa shape index (κ2) is 5.15. The number of aliphatic hydroxyl groups excluding tert-OH is 1. The minimum Gasteiger partial charge on any atom is -0.391 e. The Balaban J connectivity index is 1.86. The average molecular weight is 226 g/mol. The lowest BCUT2D eigenvalue weighted by molar-refractivity contribution is -0.127. The van der Waals surface area contributed by atoms with E-state index in [1.165, 1.54) is 0 Å². The molecule has 92 valence electrons. The highest BCUT2D eigenvalue weighted by molar-refractivity contribution is 5.80. The Morgan fingerprint density at radius 3 is 2.69 bits per heavy atom. The van der Waals surface area contributed by atoms with Gasteiger partial charge in [-0.2, -0.15) is 0 Å². The molecule has 0 aromatic rings. The van der Waals surface area contributed by atoms with Crippen LogP contribution in [0.1, 0.15) is 39.0 Å². The smallest absolute Gasteiger partial charge is 0.225 e. The third-order valence-corrected chi connectivity index (χ3v) is 3.92. The Kier molecular flexibility index (Phi) is 3.82. The zero-order valence-corrected chi connectivity index (χ0v) is 9.91. The fourth-order valence-corrected chi connectivity index (χ4v) is 2.79. The van der Waals surface area contributed by atoms with Crippen molar-refractivity contribution in [2.45, 2.75) is 57.2 Å². The van der Waals surface area contributed by atoms with Gasteiger partial charge in [0.15, 0.2) is 0 Å². The highest BCUT2D eigenvalue weighted by Gasteiger charge is 2.32. The topological polar surface area (TPSA) is 61.4 Å². The molecule has 4 atom stereocenters. The summed E-state index contributed by atoms with van der Waals surface area (Å²) in [7, 11) is 0. The second-order valence-corrected chi connectivity index (χ2v) is 5.10. The molecule has 16 heavy (non-hydrogen) atoms. The molecule has 0 aromatic carbocycles. The number of hydrogen-bond acceptors (Lipinski definition) is 3. The number of carbonyl (C=O) groups excluding carboxylic acids is 1. The average Bonchev–Trinajstić information content (AvgIpc) is 2.68. The summed E-state index contributed by atoms with van der Waals surface area (Å²) in [6.45, 7) is 2.97. The monoisotopic (exact) mass is 226 g/mol. The summed E-state index contributed by atoms with van der Waals surface area (Å²) in [4.78, 5) is 12.0. The van der Waals surface area contributed by atoms with E-state index in [0.717, 1.165) is 38.6 Å². The third-order valence-electron chi connectivity index (χ3n) is 3.92. The molecule has 0 aromatic heterocycles. The van der Waals surface area contributed by atoms with Crippen molar-refractivity contribution in [3.63, 3.8) is 0 Å². The molecule has 0 bridgehead atoms. The summed E-state index contributed by atoms with van der Waals surface area (Å²) in [5.41, 5.74) is 0. The molecule has 1 saturated heterocycles. The van der Waals surface area contributed by atoms with E-state index in [1.54, 1.807) is 0 Å². The van der Waals surface area contributed by atoms with Crippen LogP contribution in [0.15, 0.2) is 0 Å². The predicted molar refractivity (Wildman–Crippen MR) is 62.0 cm³/mol. The zero-order chi connectivity index (χ0) is 11.5. The molecule has 3 N–H and O–H groups in total. The molecule has 1 amide bonds. The quantitative estimate of drug-likeness (QED) is 0.639. The van der Waals surface area contributed by atoms with Crippen molar-refractivity contribution in [3.05, 3.63) is 0 Å². The largest absolute Gasteiger partial charge is 0.391 e. The number of aliphatic hydroxyl groups is 1. The van der Waals surface area contributed by atoms with Gasteiger partial charge in [-0.25, -0.2) is 0 Å². The van der Waals surface area contributed by atoms with Crippen LogP contribution >= 0.6 is 0 Å². The van der Waals surface area contributed by atoms with Crippen molar-refractivity contribution in [1.82, 2.24) is 10.6 Å². The molecule has 4 unspecified atom stereocenters. The minimum absolute atomic E-state index is 0.0194. The van der Waals surface area contributed by atoms with E-state index in [4.69, 9.17) is 0 Å². The second-order valence-electron chi connectivity index (χ2n) is 5.10. The highest BCUT2D eigenvalue weighted by Crippen LogP contribution is 2.20. The van der Waals surface area contributed by atoms with Gasteiger partial charge in [-0.15, -0.1) is 0 Å². The van der Waals surface area contributed by atoms with Crippen molar-refractivity contribution in [1.29, 1.82) is 0 Å². The maximum Gasteiger partial charge on any atom is 0.225 e. The number of rotatable bonds is 2. The van der Waals surface area contributed by atoms with Gasteiger partial charge in [-0.1, -0.05) is 12.8 Å². The normalized spacial score (nSPS) is 39.6. The third kappa shape index (κ3) is 2.55. The van der Waals surface area contributed by atoms with Gasteiger partial charge in [0.05, 0.1) is 18.1 Å². The first-order chi connectivity index (χ1) is 7.68. The number of amides is 1. The summed E-state index contributed by atoms with van der Waals surface area (Å²) in [5.74, 6) is 0.192. The van der Waals surface area contributed by atoms with Crippen LogP contribution in [0.4, 0.5) is 0 Å². The summed E-state index contributed by atoms with van der Waals surface area (Å²) >= 11 is 0. The lowest BCUT2D eigenvalue weighted by Gasteiger charge is -2.29. The van der Waals surface area contributed by atoms with Crippen molar-refractivity contribution in [2.75, 3.05) is 6.54 Å². The molecule has 0 spiro atoms. The molecule has 2 fully saturated rings. The van der Waals surface area contributed by atoms with E-state index in [1.807, 2.05) is 0 Å². The summed E-state index contributed by atoms with van der Waals surface area (Å²) in [5, 5.41) is 16.1. The van der Waals surface area contributed by atoms with Crippen molar-refractivity contribution < 1.29 is 9.90 Å². The van der Waals surface area contributed by atoms with E-state index in [0.29, 0.717) is 0 Å². The van der Waals surface area contributed by atoms with Gasteiger partial charge < -0.3 is 15.7 Å². The minimum atomic E-state index is -0.345. The summed E-state index contributed by atoms with van der Waals surface area (Å²) in [6.07, 6.45) is 4.50.